The lowest BCUT2D eigenvalue weighted by Gasteiger charge is -2.36. The first-order valence-electron chi connectivity index (χ1n) is 5.87. The molecule has 0 bridgehead atoms. The van der Waals surface area contributed by atoms with Crippen LogP contribution in [0.3, 0.4) is 0 Å². The number of nitrogens with zero attached hydrogens (tertiary/aromatic N) is 1. The van der Waals surface area contributed by atoms with Gasteiger partial charge in [0.15, 0.2) is 0 Å². The summed E-state index contributed by atoms with van der Waals surface area (Å²) in [5.74, 6) is -3.37. The fourth-order valence-electron chi connectivity index (χ4n) is 2.34. The van der Waals surface area contributed by atoms with Crippen molar-refractivity contribution in [2.24, 2.45) is 5.92 Å². The van der Waals surface area contributed by atoms with Crippen molar-refractivity contribution in [3.05, 3.63) is 11.6 Å². The third-order valence-electron chi connectivity index (χ3n) is 3.53. The molecular weight excluding hydrogens is 212 g/mol. The zero-order valence-electron chi connectivity index (χ0n) is 9.51. The highest BCUT2D eigenvalue weighted by molar-refractivity contribution is 5.93. The van der Waals surface area contributed by atoms with Gasteiger partial charge in [-0.05, 0) is 19.3 Å². The number of alkyl halides is 2. The van der Waals surface area contributed by atoms with Crippen LogP contribution in [0, 0.1) is 5.92 Å². The fraction of sp³-hybridized carbons (Fsp3) is 0.750. The lowest BCUT2D eigenvalue weighted by Crippen LogP contribution is -2.48. The van der Waals surface area contributed by atoms with Crippen LogP contribution in [-0.4, -0.2) is 29.8 Å². The number of carbonyl (C=O) groups excluding carboxylic acids is 1. The first-order valence-corrected chi connectivity index (χ1v) is 5.87. The van der Waals surface area contributed by atoms with Crippen molar-refractivity contribution >= 4 is 5.91 Å². The van der Waals surface area contributed by atoms with Gasteiger partial charge in [0, 0.05) is 31.0 Å². The molecule has 1 aliphatic heterocycles. The van der Waals surface area contributed by atoms with Crippen molar-refractivity contribution in [2.75, 3.05) is 13.1 Å². The van der Waals surface area contributed by atoms with Crippen LogP contribution in [0.5, 0.6) is 0 Å². The van der Waals surface area contributed by atoms with Crippen LogP contribution in [0.2, 0.25) is 0 Å². The summed E-state index contributed by atoms with van der Waals surface area (Å²) < 4.78 is 26.5. The van der Waals surface area contributed by atoms with Gasteiger partial charge in [-0.25, -0.2) is 8.78 Å². The van der Waals surface area contributed by atoms with E-state index in [1.54, 1.807) is 4.90 Å². The SMILES string of the molecule is C[C@@H]1CN(C(=O)C2=CCCC2)CCC1(F)F. The molecule has 2 aliphatic rings. The molecule has 1 aliphatic carbocycles. The number of likely N-dealkylation sites (tertiary alicyclic amines) is 1. The van der Waals surface area contributed by atoms with Gasteiger partial charge in [-0.1, -0.05) is 13.0 Å². The molecule has 0 N–H and O–H groups in total. The molecule has 0 aromatic rings. The van der Waals surface area contributed by atoms with Crippen molar-refractivity contribution in [3.63, 3.8) is 0 Å². The van der Waals surface area contributed by atoms with E-state index in [1.807, 2.05) is 6.08 Å². The molecule has 16 heavy (non-hydrogen) atoms. The third-order valence-corrected chi connectivity index (χ3v) is 3.53. The van der Waals surface area contributed by atoms with Crippen LogP contribution in [0.25, 0.3) is 0 Å². The molecule has 1 saturated heterocycles. The van der Waals surface area contributed by atoms with Gasteiger partial charge in [-0.15, -0.1) is 0 Å². The number of allylic oxidation sites excluding steroid dienone is 1. The van der Waals surface area contributed by atoms with Crippen molar-refractivity contribution in [3.8, 4) is 0 Å². The first kappa shape index (κ1) is 11.6. The molecule has 1 fully saturated rings. The molecule has 0 unspecified atom stereocenters. The normalized spacial score (nSPS) is 29.1. The van der Waals surface area contributed by atoms with Crippen LogP contribution in [0.15, 0.2) is 11.6 Å². The van der Waals surface area contributed by atoms with Crippen molar-refractivity contribution in [1.82, 2.24) is 4.90 Å². The molecule has 1 atom stereocenters. The zero-order valence-corrected chi connectivity index (χ0v) is 9.51. The first-order chi connectivity index (χ1) is 7.50. The van der Waals surface area contributed by atoms with E-state index in [2.05, 4.69) is 0 Å². The fourth-order valence-corrected chi connectivity index (χ4v) is 2.34. The van der Waals surface area contributed by atoms with Crippen molar-refractivity contribution in [2.45, 2.75) is 38.5 Å². The molecule has 0 aromatic carbocycles. The molecule has 0 spiro atoms. The number of halogens is 2. The van der Waals surface area contributed by atoms with Gasteiger partial charge in [-0.3, -0.25) is 4.79 Å². The minimum absolute atomic E-state index is 0.0279. The highest BCUT2D eigenvalue weighted by Crippen LogP contribution is 2.34. The highest BCUT2D eigenvalue weighted by atomic mass is 19.3. The Morgan fingerprint density at radius 2 is 2.31 bits per heavy atom. The number of hydrogen-bond acceptors (Lipinski definition) is 1. The molecule has 1 amide bonds. The summed E-state index contributed by atoms with van der Waals surface area (Å²) in [7, 11) is 0. The zero-order chi connectivity index (χ0) is 11.8. The maximum Gasteiger partial charge on any atom is 0.254 e. The maximum atomic E-state index is 13.3. The maximum absolute atomic E-state index is 13.3. The van der Waals surface area contributed by atoms with E-state index in [4.69, 9.17) is 0 Å². The number of carbonyl (C=O) groups is 1. The average molecular weight is 229 g/mol. The Morgan fingerprint density at radius 1 is 1.56 bits per heavy atom. The standard InChI is InChI=1S/C12H17F2NO/c1-9-8-15(7-6-12(9,13)14)11(16)10-4-2-3-5-10/h4,9H,2-3,5-8H2,1H3/t9-/m1/s1. The van der Waals surface area contributed by atoms with Gasteiger partial charge >= 0.3 is 0 Å². The monoisotopic (exact) mass is 229 g/mol. The number of piperidine rings is 1. The Morgan fingerprint density at radius 3 is 2.88 bits per heavy atom. The quantitative estimate of drug-likeness (QED) is 0.676. The van der Waals surface area contributed by atoms with Crippen molar-refractivity contribution in [1.29, 1.82) is 0 Å². The molecule has 2 nitrogen and oxygen atoms in total. The summed E-state index contributed by atoms with van der Waals surface area (Å²) in [4.78, 5) is 13.6. The number of amides is 1. The topological polar surface area (TPSA) is 20.3 Å². The average Bonchev–Trinajstić information content (AvgIpc) is 2.74. The summed E-state index contributed by atoms with van der Waals surface area (Å²) in [6.07, 6.45) is 4.51. The summed E-state index contributed by atoms with van der Waals surface area (Å²) in [5.41, 5.74) is 0.817. The Hall–Kier alpha value is -0.930. The molecule has 1 heterocycles. The lowest BCUT2D eigenvalue weighted by molar-refractivity contribution is -0.140. The highest BCUT2D eigenvalue weighted by Gasteiger charge is 2.42. The van der Waals surface area contributed by atoms with Crippen LogP contribution < -0.4 is 0 Å². The third kappa shape index (κ3) is 2.11. The summed E-state index contributed by atoms with van der Waals surface area (Å²) in [6, 6.07) is 0. The van der Waals surface area contributed by atoms with Crippen LogP contribution in [-0.2, 0) is 4.79 Å². The summed E-state index contributed by atoms with van der Waals surface area (Å²) >= 11 is 0. The molecule has 90 valence electrons. The van der Waals surface area contributed by atoms with Gasteiger partial charge < -0.3 is 4.90 Å². The molecule has 2 rings (SSSR count). The Bertz CT molecular complexity index is 325. The molecule has 0 aromatic heterocycles. The van der Waals surface area contributed by atoms with E-state index in [9.17, 15) is 13.6 Å². The largest absolute Gasteiger partial charge is 0.338 e. The predicted molar refractivity (Wildman–Crippen MR) is 57.2 cm³/mol. The van der Waals surface area contributed by atoms with E-state index in [0.717, 1.165) is 24.8 Å². The van der Waals surface area contributed by atoms with E-state index in [1.165, 1.54) is 6.92 Å². The summed E-state index contributed by atoms with van der Waals surface area (Å²) in [5, 5.41) is 0. The smallest absolute Gasteiger partial charge is 0.254 e. The second-order valence-electron chi connectivity index (χ2n) is 4.78. The number of hydrogen-bond donors (Lipinski definition) is 0. The van der Waals surface area contributed by atoms with E-state index in [0.29, 0.717) is 0 Å². The van der Waals surface area contributed by atoms with Crippen molar-refractivity contribution < 1.29 is 13.6 Å². The van der Waals surface area contributed by atoms with E-state index < -0.39 is 11.8 Å². The second-order valence-corrected chi connectivity index (χ2v) is 4.78. The van der Waals surface area contributed by atoms with Gasteiger partial charge in [0.2, 0.25) is 5.91 Å². The molecule has 0 saturated carbocycles. The van der Waals surface area contributed by atoms with Crippen LogP contribution >= 0.6 is 0 Å². The lowest BCUT2D eigenvalue weighted by atomic mass is 9.95. The summed E-state index contributed by atoms with van der Waals surface area (Å²) in [6.45, 7) is 1.89. The minimum Gasteiger partial charge on any atom is -0.338 e. The van der Waals surface area contributed by atoms with E-state index >= 15 is 0 Å². The Balaban J connectivity index is 1.99. The van der Waals surface area contributed by atoms with E-state index in [-0.39, 0.29) is 25.4 Å². The van der Waals surface area contributed by atoms with Gasteiger partial charge in [-0.2, -0.15) is 0 Å². The predicted octanol–water partition coefficient (Wildman–Crippen LogP) is 2.60. The molecule has 0 radical (unpaired) electrons. The second kappa shape index (κ2) is 4.15. The Labute approximate surface area is 94.3 Å². The van der Waals surface area contributed by atoms with Crippen LogP contribution in [0.1, 0.15) is 32.6 Å². The van der Waals surface area contributed by atoms with Gasteiger partial charge in [0.25, 0.3) is 5.92 Å². The van der Waals surface area contributed by atoms with Crippen LogP contribution in [0.4, 0.5) is 8.78 Å². The minimum atomic E-state index is -2.61. The molecular formula is C12H17F2NO. The van der Waals surface area contributed by atoms with Gasteiger partial charge in [0.05, 0.1) is 0 Å². The Kier molecular flexibility index (Phi) is 3.00. The molecule has 4 heteroatoms. The number of rotatable bonds is 1. The van der Waals surface area contributed by atoms with Gasteiger partial charge in [0.1, 0.15) is 0 Å².